The van der Waals surface area contributed by atoms with E-state index < -0.39 is 11.6 Å². The summed E-state index contributed by atoms with van der Waals surface area (Å²) in [4.78, 5) is 18.7. The van der Waals surface area contributed by atoms with Gasteiger partial charge in [0.1, 0.15) is 11.5 Å². The molecule has 204 valence electrons. The number of hydrogen-bond donors (Lipinski definition) is 3. The average Bonchev–Trinajstić information content (AvgIpc) is 3.35. The molecule has 0 spiro atoms. The molecule has 1 heterocycles. The average molecular weight is 595 g/mol. The molecule has 0 aliphatic carbocycles. The maximum atomic E-state index is 13.8. The highest BCUT2D eigenvalue weighted by molar-refractivity contribution is 9.10. The van der Waals surface area contributed by atoms with Crippen LogP contribution in [0, 0.1) is 0 Å². The molecule has 3 aromatic rings. The lowest BCUT2D eigenvalue weighted by atomic mass is 9.84. The van der Waals surface area contributed by atoms with E-state index in [2.05, 4.69) is 33.4 Å². The second kappa shape index (κ2) is 13.4. The second-order valence-electron chi connectivity index (χ2n) is 8.95. The predicted molar refractivity (Wildman–Crippen MR) is 154 cm³/mol. The lowest BCUT2D eigenvalue weighted by Crippen LogP contribution is -2.52. The van der Waals surface area contributed by atoms with Crippen molar-refractivity contribution in [2.45, 2.75) is 31.0 Å². The first-order valence-electron chi connectivity index (χ1n) is 12.6. The first-order valence-corrected chi connectivity index (χ1v) is 13.4. The van der Waals surface area contributed by atoms with E-state index in [4.69, 9.17) is 24.3 Å². The maximum absolute atomic E-state index is 13.8. The minimum atomic E-state index is -1.30. The number of methoxy groups -OCH3 is 1. The molecule has 1 amide bonds. The Morgan fingerprint density at radius 1 is 1.15 bits per heavy atom. The monoisotopic (exact) mass is 593 g/mol. The van der Waals surface area contributed by atoms with Crippen molar-refractivity contribution < 1.29 is 24.1 Å². The van der Waals surface area contributed by atoms with Crippen LogP contribution in [0.25, 0.3) is 0 Å². The number of benzene rings is 3. The molecule has 0 radical (unpaired) electrons. The molecule has 39 heavy (non-hydrogen) atoms. The summed E-state index contributed by atoms with van der Waals surface area (Å²) < 4.78 is 18.4. The summed E-state index contributed by atoms with van der Waals surface area (Å²) >= 11 is 3.48. The molecule has 0 bridgehead atoms. The van der Waals surface area contributed by atoms with Gasteiger partial charge in [0.25, 0.3) is 5.91 Å². The summed E-state index contributed by atoms with van der Waals surface area (Å²) in [7, 11) is 1.61. The van der Waals surface area contributed by atoms with Crippen LogP contribution in [0.1, 0.15) is 35.6 Å². The number of carbonyl (C=O) groups excluding carboxylic acids is 1. The summed E-state index contributed by atoms with van der Waals surface area (Å²) in [6.07, 6.45) is 1.80. The Labute approximate surface area is 236 Å². The minimum absolute atomic E-state index is 0.0708. The molecule has 9 heteroatoms. The lowest BCUT2D eigenvalue weighted by Gasteiger charge is -2.29. The Balaban J connectivity index is 1.61. The van der Waals surface area contributed by atoms with Crippen LogP contribution in [0.5, 0.6) is 11.5 Å². The van der Waals surface area contributed by atoms with Gasteiger partial charge in [0, 0.05) is 41.6 Å². The number of nitrogens with one attached hydrogen (secondary N) is 2. The maximum Gasteiger partial charge on any atom is 0.266 e. The predicted octanol–water partition coefficient (Wildman–Crippen LogP) is 4.87. The molecule has 0 fully saturated rings. The zero-order valence-electron chi connectivity index (χ0n) is 21.7. The molecule has 8 nitrogen and oxygen atoms in total. The van der Waals surface area contributed by atoms with Crippen LogP contribution in [0.4, 0.5) is 0 Å². The van der Waals surface area contributed by atoms with Crippen LogP contribution < -0.4 is 20.3 Å². The van der Waals surface area contributed by atoms with Crippen LogP contribution in [0.2, 0.25) is 0 Å². The van der Waals surface area contributed by atoms with E-state index in [1.54, 1.807) is 13.2 Å². The molecule has 2 atom stereocenters. The lowest BCUT2D eigenvalue weighted by molar-refractivity contribution is -0.129. The van der Waals surface area contributed by atoms with E-state index >= 15 is 0 Å². The zero-order valence-corrected chi connectivity index (χ0v) is 23.3. The van der Waals surface area contributed by atoms with Crippen molar-refractivity contribution in [3.05, 3.63) is 107 Å². The van der Waals surface area contributed by atoms with Gasteiger partial charge in [0.15, 0.2) is 11.6 Å². The van der Waals surface area contributed by atoms with Gasteiger partial charge < -0.3 is 19.3 Å². The number of carbonyl (C=O) groups is 1. The Bertz CT molecular complexity index is 1300. The Kier molecular flexibility index (Phi) is 9.75. The van der Waals surface area contributed by atoms with Crippen LogP contribution >= 0.6 is 15.9 Å². The summed E-state index contributed by atoms with van der Waals surface area (Å²) in [6, 6.07) is 22.6. The number of para-hydroxylation sites is 1. The van der Waals surface area contributed by atoms with Crippen molar-refractivity contribution in [1.82, 2.24) is 10.9 Å². The molecule has 4 rings (SSSR count). The number of rotatable bonds is 13. The Morgan fingerprint density at radius 3 is 2.59 bits per heavy atom. The van der Waals surface area contributed by atoms with Crippen LogP contribution in [-0.4, -0.2) is 42.8 Å². The van der Waals surface area contributed by atoms with Gasteiger partial charge in [-0.25, -0.2) is 10.4 Å². The highest BCUT2D eigenvalue weighted by Crippen LogP contribution is 2.43. The third-order valence-corrected chi connectivity index (χ3v) is 6.86. The number of halogens is 1. The standard InChI is InChI=1S/C30H32BrN3O5/c1-3-17-30(29(36)34-32-20-23-7-4-5-8-26(23)37-2)27(21-9-13-24(31)14-10-21)39-28(33-30)22-11-15-25(16-12-22)38-19-6-18-35/h3-5,7-16,27,32,35H,1,6,17-20H2,2H3,(H,34,36)/t27-,30-/m0/s1. The highest BCUT2D eigenvalue weighted by atomic mass is 79.9. The fourth-order valence-corrected chi connectivity index (χ4v) is 4.61. The van der Waals surface area contributed by atoms with Gasteiger partial charge in [0.05, 0.1) is 13.7 Å². The number of hydrazine groups is 1. The van der Waals surface area contributed by atoms with Crippen molar-refractivity contribution in [2.24, 2.45) is 4.99 Å². The van der Waals surface area contributed by atoms with Gasteiger partial charge in [0.2, 0.25) is 5.90 Å². The van der Waals surface area contributed by atoms with Crippen LogP contribution in [-0.2, 0) is 16.1 Å². The molecule has 0 unspecified atom stereocenters. The van der Waals surface area contributed by atoms with Gasteiger partial charge >= 0.3 is 0 Å². The van der Waals surface area contributed by atoms with Crippen molar-refractivity contribution in [3.8, 4) is 11.5 Å². The Hall–Kier alpha value is -3.66. The number of aliphatic hydroxyl groups is 1. The number of ether oxygens (including phenoxy) is 3. The first-order chi connectivity index (χ1) is 19.0. The van der Waals surface area contributed by atoms with Crippen molar-refractivity contribution >= 4 is 27.7 Å². The smallest absolute Gasteiger partial charge is 0.266 e. The summed E-state index contributed by atoms with van der Waals surface area (Å²) in [5, 5.41) is 8.97. The summed E-state index contributed by atoms with van der Waals surface area (Å²) in [6.45, 7) is 4.76. The van der Waals surface area contributed by atoms with Gasteiger partial charge in [-0.1, -0.05) is 52.3 Å². The molecule has 1 aliphatic heterocycles. The van der Waals surface area contributed by atoms with E-state index in [1.807, 2.05) is 72.8 Å². The van der Waals surface area contributed by atoms with Crippen molar-refractivity contribution in [1.29, 1.82) is 0 Å². The molecule has 0 saturated heterocycles. The summed E-state index contributed by atoms with van der Waals surface area (Å²) in [5.41, 5.74) is 6.99. The minimum Gasteiger partial charge on any atom is -0.496 e. The largest absolute Gasteiger partial charge is 0.496 e. The van der Waals surface area contributed by atoms with Gasteiger partial charge in [-0.15, -0.1) is 6.58 Å². The van der Waals surface area contributed by atoms with E-state index in [1.165, 1.54) is 0 Å². The fraction of sp³-hybridized carbons (Fsp3) is 0.267. The SMILES string of the molecule is C=CC[C@]1(C(=O)NNCc2ccccc2OC)N=C(c2ccc(OCCCO)cc2)O[C@H]1c1ccc(Br)cc1. The van der Waals surface area contributed by atoms with Gasteiger partial charge in [-0.3, -0.25) is 10.2 Å². The zero-order chi connectivity index (χ0) is 27.7. The number of aliphatic hydroxyl groups excluding tert-OH is 1. The van der Waals surface area contributed by atoms with E-state index in [9.17, 15) is 4.79 Å². The molecule has 3 aromatic carbocycles. The fourth-order valence-electron chi connectivity index (χ4n) is 4.35. The second-order valence-corrected chi connectivity index (χ2v) is 9.87. The molecule has 1 aliphatic rings. The van der Waals surface area contributed by atoms with E-state index in [0.717, 1.165) is 21.3 Å². The van der Waals surface area contributed by atoms with Crippen LogP contribution in [0.15, 0.2) is 94.9 Å². The normalized spacial score (nSPS) is 18.1. The third kappa shape index (κ3) is 6.68. The number of hydrogen-bond acceptors (Lipinski definition) is 7. The summed E-state index contributed by atoms with van der Waals surface area (Å²) in [5.74, 6) is 1.41. The first kappa shape index (κ1) is 28.4. The number of aliphatic imine (C=N–C) groups is 1. The molecule has 0 saturated carbocycles. The van der Waals surface area contributed by atoms with Gasteiger partial charge in [-0.05, 0) is 48.0 Å². The highest BCUT2D eigenvalue weighted by Gasteiger charge is 2.52. The molecule has 0 aromatic heterocycles. The topological polar surface area (TPSA) is 101 Å². The van der Waals surface area contributed by atoms with Crippen molar-refractivity contribution in [2.75, 3.05) is 20.3 Å². The number of amides is 1. The molecular weight excluding hydrogens is 562 g/mol. The molecule has 3 N–H and O–H groups in total. The third-order valence-electron chi connectivity index (χ3n) is 6.33. The van der Waals surface area contributed by atoms with E-state index in [0.29, 0.717) is 36.8 Å². The van der Waals surface area contributed by atoms with Crippen molar-refractivity contribution in [3.63, 3.8) is 0 Å². The molecular formula is C30H32BrN3O5. The van der Waals surface area contributed by atoms with Crippen LogP contribution in [0.3, 0.4) is 0 Å². The quantitative estimate of drug-likeness (QED) is 0.148. The Morgan fingerprint density at radius 2 is 1.90 bits per heavy atom. The van der Waals surface area contributed by atoms with Gasteiger partial charge in [-0.2, -0.15) is 0 Å². The van der Waals surface area contributed by atoms with E-state index in [-0.39, 0.29) is 18.9 Å². The number of nitrogens with zero attached hydrogens (tertiary/aromatic N) is 1.